The molecule has 1 aromatic carbocycles. The van der Waals surface area contributed by atoms with E-state index in [9.17, 15) is 4.39 Å². The van der Waals surface area contributed by atoms with Gasteiger partial charge in [-0.3, -0.25) is 5.10 Å². The highest BCUT2D eigenvalue weighted by atomic mass is 35.5. The number of hydrogen-bond donors (Lipinski definition) is 2. The molecule has 88 valence electrons. The Kier molecular flexibility index (Phi) is 3.59. The molecule has 0 aliphatic rings. The molecule has 0 saturated heterocycles. The fourth-order valence-corrected chi connectivity index (χ4v) is 1.68. The second-order valence-electron chi connectivity index (χ2n) is 3.26. The Hall–Kier alpha value is -1.49. The zero-order valence-electron chi connectivity index (χ0n) is 9.00. The maximum atomic E-state index is 13.6. The van der Waals surface area contributed by atoms with E-state index in [-0.39, 0.29) is 23.9 Å². The summed E-state index contributed by atoms with van der Waals surface area (Å²) in [7, 11) is 1.49. The van der Waals surface area contributed by atoms with E-state index in [2.05, 4.69) is 10.2 Å². The van der Waals surface area contributed by atoms with Gasteiger partial charge in [-0.05, 0) is 6.42 Å². The molecule has 0 aliphatic carbocycles. The van der Waals surface area contributed by atoms with Crippen molar-refractivity contribution in [1.29, 1.82) is 0 Å². The van der Waals surface area contributed by atoms with Gasteiger partial charge >= 0.3 is 0 Å². The molecule has 0 fully saturated rings. The number of nitrogen functional groups attached to an aromatic ring is 1. The Bertz CT molecular complexity index is 512. The number of fused-ring (bicyclic) bond motifs is 1. The van der Waals surface area contributed by atoms with Crippen molar-refractivity contribution in [2.75, 3.05) is 12.8 Å². The van der Waals surface area contributed by atoms with Crippen LogP contribution in [0.25, 0.3) is 10.9 Å². The maximum absolute atomic E-state index is 13.6. The van der Waals surface area contributed by atoms with Gasteiger partial charge in [0.2, 0.25) is 0 Å². The fraction of sp³-hybridized carbons (Fsp3) is 0.300. The summed E-state index contributed by atoms with van der Waals surface area (Å²) < 4.78 is 18.7. The highest BCUT2D eigenvalue weighted by Gasteiger charge is 2.16. The minimum absolute atomic E-state index is 0. The zero-order valence-corrected chi connectivity index (χ0v) is 9.82. The minimum atomic E-state index is -0.367. The van der Waals surface area contributed by atoms with Gasteiger partial charge in [0.05, 0.1) is 18.2 Å². The molecule has 0 unspecified atom stereocenters. The average molecular weight is 246 g/mol. The lowest BCUT2D eigenvalue weighted by Gasteiger charge is -2.05. The van der Waals surface area contributed by atoms with E-state index in [1.54, 1.807) is 0 Å². The van der Waals surface area contributed by atoms with Crippen LogP contribution in [0.2, 0.25) is 0 Å². The molecule has 0 aliphatic heterocycles. The summed E-state index contributed by atoms with van der Waals surface area (Å²) in [5.74, 6) is 0.0521. The molecule has 1 aromatic heterocycles. The Labute approximate surface area is 98.4 Å². The van der Waals surface area contributed by atoms with Gasteiger partial charge in [-0.25, -0.2) is 4.39 Å². The number of anilines is 1. The third kappa shape index (κ3) is 1.67. The van der Waals surface area contributed by atoms with E-state index in [0.29, 0.717) is 23.1 Å². The first-order valence-electron chi connectivity index (χ1n) is 4.68. The van der Waals surface area contributed by atoms with Gasteiger partial charge in [-0.15, -0.1) is 12.4 Å². The summed E-state index contributed by atoms with van der Waals surface area (Å²) >= 11 is 0. The number of nitrogens with one attached hydrogen (secondary N) is 1. The smallest absolute Gasteiger partial charge is 0.170 e. The van der Waals surface area contributed by atoms with Crippen molar-refractivity contribution >= 4 is 29.0 Å². The molecule has 0 spiro atoms. The maximum Gasteiger partial charge on any atom is 0.170 e. The van der Waals surface area contributed by atoms with Crippen molar-refractivity contribution in [3.63, 3.8) is 0 Å². The van der Waals surface area contributed by atoms with Gasteiger partial charge in [0, 0.05) is 11.8 Å². The molecule has 0 bridgehead atoms. The van der Waals surface area contributed by atoms with Crippen LogP contribution in [0.15, 0.2) is 6.07 Å². The van der Waals surface area contributed by atoms with Gasteiger partial charge in [-0.1, -0.05) is 6.92 Å². The molecule has 0 atom stereocenters. The van der Waals surface area contributed by atoms with Crippen molar-refractivity contribution in [3.8, 4) is 5.75 Å². The Morgan fingerprint density at radius 1 is 1.56 bits per heavy atom. The van der Waals surface area contributed by atoms with E-state index < -0.39 is 0 Å². The van der Waals surface area contributed by atoms with Crippen molar-refractivity contribution in [3.05, 3.63) is 17.6 Å². The van der Waals surface area contributed by atoms with Crippen LogP contribution >= 0.6 is 12.4 Å². The Morgan fingerprint density at radius 2 is 2.25 bits per heavy atom. The standard InChI is InChI=1S/C10H12FN3O.ClH/c1-3-7-8-5(11)4-6(12)10(15-2)9(8)14-13-7;/h4H,3,12H2,1-2H3,(H,13,14);1H. The summed E-state index contributed by atoms with van der Waals surface area (Å²) in [6.45, 7) is 1.93. The van der Waals surface area contributed by atoms with Crippen LogP contribution in [0.4, 0.5) is 10.1 Å². The van der Waals surface area contributed by atoms with Crippen LogP contribution in [0.1, 0.15) is 12.6 Å². The van der Waals surface area contributed by atoms with Crippen molar-refractivity contribution in [1.82, 2.24) is 10.2 Å². The Balaban J connectivity index is 0.00000128. The number of rotatable bonds is 2. The summed E-state index contributed by atoms with van der Waals surface area (Å²) in [4.78, 5) is 0. The number of hydrogen-bond acceptors (Lipinski definition) is 3. The first kappa shape index (κ1) is 12.6. The molecule has 1 heterocycles. The molecule has 3 N–H and O–H groups in total. The number of aromatic nitrogens is 2. The predicted octanol–water partition coefficient (Wildman–Crippen LogP) is 2.28. The van der Waals surface area contributed by atoms with Crippen LogP contribution in [0.3, 0.4) is 0 Å². The number of aromatic amines is 1. The van der Waals surface area contributed by atoms with E-state index >= 15 is 0 Å². The quantitative estimate of drug-likeness (QED) is 0.798. The van der Waals surface area contributed by atoms with Crippen LogP contribution < -0.4 is 10.5 Å². The molecule has 6 heteroatoms. The lowest BCUT2D eigenvalue weighted by molar-refractivity contribution is 0.420. The van der Waals surface area contributed by atoms with Crippen molar-refractivity contribution < 1.29 is 9.13 Å². The monoisotopic (exact) mass is 245 g/mol. The molecule has 2 rings (SSSR count). The number of benzene rings is 1. The van der Waals surface area contributed by atoms with Crippen LogP contribution in [0, 0.1) is 5.82 Å². The number of halogens is 2. The third-order valence-electron chi connectivity index (χ3n) is 2.40. The molecule has 0 radical (unpaired) electrons. The van der Waals surface area contributed by atoms with Crippen molar-refractivity contribution in [2.24, 2.45) is 0 Å². The Morgan fingerprint density at radius 3 is 2.81 bits per heavy atom. The molecule has 16 heavy (non-hydrogen) atoms. The molecule has 0 amide bonds. The summed E-state index contributed by atoms with van der Waals surface area (Å²) in [5.41, 5.74) is 7.09. The first-order valence-corrected chi connectivity index (χ1v) is 4.68. The topological polar surface area (TPSA) is 63.9 Å². The lowest BCUT2D eigenvalue weighted by atomic mass is 10.1. The van der Waals surface area contributed by atoms with E-state index in [1.807, 2.05) is 6.92 Å². The van der Waals surface area contributed by atoms with Crippen LogP contribution in [-0.2, 0) is 6.42 Å². The SMILES string of the molecule is CCc1[nH]nc2c(OC)c(N)cc(F)c12.Cl. The van der Waals surface area contributed by atoms with Crippen LogP contribution in [0.5, 0.6) is 5.75 Å². The van der Waals surface area contributed by atoms with Gasteiger partial charge in [0.1, 0.15) is 11.3 Å². The van der Waals surface area contributed by atoms with Crippen LogP contribution in [-0.4, -0.2) is 17.3 Å². The van der Waals surface area contributed by atoms with Crippen molar-refractivity contribution in [2.45, 2.75) is 13.3 Å². The van der Waals surface area contributed by atoms with E-state index in [1.165, 1.54) is 13.2 Å². The summed E-state index contributed by atoms with van der Waals surface area (Å²) in [6, 6.07) is 1.26. The number of nitrogens with zero attached hydrogens (tertiary/aromatic N) is 1. The number of nitrogens with two attached hydrogens (primary N) is 1. The molecule has 0 saturated carbocycles. The molecule has 4 nitrogen and oxygen atoms in total. The zero-order chi connectivity index (χ0) is 11.0. The predicted molar refractivity (Wildman–Crippen MR) is 63.6 cm³/mol. The molecular formula is C10H13ClFN3O. The second kappa shape index (κ2) is 4.57. The number of methoxy groups -OCH3 is 1. The average Bonchev–Trinajstić information content (AvgIpc) is 2.62. The lowest BCUT2D eigenvalue weighted by Crippen LogP contribution is -1.95. The molecule has 2 aromatic rings. The van der Waals surface area contributed by atoms with E-state index in [4.69, 9.17) is 10.5 Å². The number of aryl methyl sites for hydroxylation is 1. The third-order valence-corrected chi connectivity index (χ3v) is 2.40. The number of ether oxygens (including phenoxy) is 1. The summed E-state index contributed by atoms with van der Waals surface area (Å²) in [6.07, 6.45) is 0.681. The highest BCUT2D eigenvalue weighted by molar-refractivity contribution is 5.92. The van der Waals surface area contributed by atoms with Gasteiger partial charge in [0.15, 0.2) is 5.75 Å². The largest absolute Gasteiger partial charge is 0.492 e. The first-order chi connectivity index (χ1) is 7.19. The number of H-pyrrole nitrogens is 1. The van der Waals surface area contributed by atoms with Gasteiger partial charge in [-0.2, -0.15) is 5.10 Å². The van der Waals surface area contributed by atoms with Gasteiger partial charge in [0.25, 0.3) is 0 Å². The van der Waals surface area contributed by atoms with Gasteiger partial charge < -0.3 is 10.5 Å². The summed E-state index contributed by atoms with van der Waals surface area (Å²) in [5, 5.41) is 7.25. The fourth-order valence-electron chi connectivity index (χ4n) is 1.68. The minimum Gasteiger partial charge on any atom is -0.492 e. The highest BCUT2D eigenvalue weighted by Crippen LogP contribution is 2.33. The van der Waals surface area contributed by atoms with E-state index in [0.717, 1.165) is 5.69 Å². The normalized spacial score (nSPS) is 10.2. The second-order valence-corrected chi connectivity index (χ2v) is 3.26. The molecular weight excluding hydrogens is 233 g/mol.